The second kappa shape index (κ2) is 11.6. The molecule has 0 unspecified atom stereocenters. The molecule has 1 amide bonds. The lowest BCUT2D eigenvalue weighted by atomic mass is 10.0. The molecule has 0 aliphatic carbocycles. The molecule has 0 spiro atoms. The zero-order valence-corrected chi connectivity index (χ0v) is 24.5. The summed E-state index contributed by atoms with van der Waals surface area (Å²) in [6.07, 6.45) is 0.792. The van der Waals surface area contributed by atoms with Gasteiger partial charge in [-0.3, -0.25) is 9.69 Å². The number of amides is 1. The molecule has 1 aliphatic heterocycles. The van der Waals surface area contributed by atoms with E-state index in [1.165, 1.54) is 26.1 Å². The number of likely N-dealkylation sites (N-methyl/N-ethyl adjacent to an activating group) is 1. The van der Waals surface area contributed by atoms with Gasteiger partial charge in [0.05, 0.1) is 12.6 Å². The molecule has 0 saturated carbocycles. The van der Waals surface area contributed by atoms with Crippen molar-refractivity contribution in [3.63, 3.8) is 0 Å². The highest BCUT2D eigenvalue weighted by molar-refractivity contribution is 7.99. The van der Waals surface area contributed by atoms with Crippen LogP contribution in [0, 0.1) is 13.8 Å². The van der Waals surface area contributed by atoms with E-state index in [1.807, 2.05) is 31.9 Å². The van der Waals surface area contributed by atoms with Crippen molar-refractivity contribution < 1.29 is 4.79 Å². The Balaban J connectivity index is 1.34. The molecule has 2 atom stereocenters. The van der Waals surface area contributed by atoms with Crippen molar-refractivity contribution in [1.82, 2.24) is 19.8 Å². The third-order valence-electron chi connectivity index (χ3n) is 7.16. The van der Waals surface area contributed by atoms with Crippen LogP contribution in [0.4, 0.5) is 0 Å². The Kier molecular flexibility index (Phi) is 8.17. The number of nitrogens with zero attached hydrogens (tertiary/aromatic N) is 4. The van der Waals surface area contributed by atoms with Crippen molar-refractivity contribution in [1.29, 1.82) is 0 Å². The summed E-state index contributed by atoms with van der Waals surface area (Å²) in [6.45, 7) is 10.7. The Hall–Kier alpha value is -2.74. The fourth-order valence-corrected chi connectivity index (χ4v) is 7.55. The Labute approximate surface area is 234 Å². The van der Waals surface area contributed by atoms with Gasteiger partial charge in [0.2, 0.25) is 5.91 Å². The van der Waals surface area contributed by atoms with E-state index in [1.54, 1.807) is 23.1 Å². The third kappa shape index (κ3) is 6.28. The number of carbonyl (C=O) groups excluding carboxylic acids is 1. The molecule has 1 aliphatic rings. The van der Waals surface area contributed by atoms with Crippen LogP contribution >= 0.6 is 23.1 Å². The van der Waals surface area contributed by atoms with Crippen LogP contribution in [0.2, 0.25) is 0 Å². The number of benzene rings is 2. The number of aromatic nitrogens is 2. The topological polar surface area (TPSA) is 49.3 Å². The van der Waals surface area contributed by atoms with E-state index in [9.17, 15) is 4.79 Å². The van der Waals surface area contributed by atoms with Gasteiger partial charge in [0.25, 0.3) is 0 Å². The van der Waals surface area contributed by atoms with Crippen LogP contribution in [0.1, 0.15) is 53.6 Å². The average molecular weight is 545 g/mol. The monoisotopic (exact) mass is 544 g/mol. The summed E-state index contributed by atoms with van der Waals surface area (Å²) < 4.78 is 1.26. The van der Waals surface area contributed by atoms with Gasteiger partial charge in [-0.1, -0.05) is 68.1 Å². The molecule has 38 heavy (non-hydrogen) atoms. The first-order valence-electron chi connectivity index (χ1n) is 13.3. The minimum atomic E-state index is -0.164. The summed E-state index contributed by atoms with van der Waals surface area (Å²) >= 11 is 3.48. The summed E-state index contributed by atoms with van der Waals surface area (Å²) in [5.74, 6) is 0.692. The minimum absolute atomic E-state index is 0.164. The first kappa shape index (κ1) is 26.9. The summed E-state index contributed by atoms with van der Waals surface area (Å²) in [7, 11) is 1.94. The second-order valence-electron chi connectivity index (χ2n) is 10.7. The van der Waals surface area contributed by atoms with Gasteiger partial charge in [0.1, 0.15) is 0 Å². The van der Waals surface area contributed by atoms with E-state index >= 15 is 0 Å². The molecule has 2 aromatic heterocycles. The van der Waals surface area contributed by atoms with Crippen LogP contribution in [0.5, 0.6) is 0 Å². The summed E-state index contributed by atoms with van der Waals surface area (Å²) in [4.78, 5) is 28.6. The van der Waals surface area contributed by atoms with E-state index in [0.717, 1.165) is 36.1 Å². The second-order valence-corrected chi connectivity index (χ2v) is 13.1. The third-order valence-corrected chi connectivity index (χ3v) is 9.33. The van der Waals surface area contributed by atoms with E-state index in [0.29, 0.717) is 12.5 Å². The van der Waals surface area contributed by atoms with Crippen molar-refractivity contribution in [2.75, 3.05) is 13.6 Å². The molecular formula is C31H36N4OS2. The van der Waals surface area contributed by atoms with Crippen molar-refractivity contribution in [2.45, 2.75) is 69.6 Å². The molecule has 4 aromatic rings. The van der Waals surface area contributed by atoms with Gasteiger partial charge >= 0.3 is 0 Å². The number of likely N-dealkylation sites (tertiary alicyclic amines) is 1. The number of thioether (sulfide) groups is 1. The van der Waals surface area contributed by atoms with Gasteiger partial charge < -0.3 is 4.90 Å². The van der Waals surface area contributed by atoms with Gasteiger partial charge in [0.15, 0.2) is 5.16 Å². The molecule has 0 radical (unpaired) electrons. The number of aryl methyl sites for hydroxylation is 2. The Morgan fingerprint density at radius 3 is 2.47 bits per heavy atom. The first-order chi connectivity index (χ1) is 18.2. The molecule has 3 heterocycles. The minimum Gasteiger partial charge on any atom is -0.339 e. The molecule has 1 saturated heterocycles. The predicted molar refractivity (Wildman–Crippen MR) is 159 cm³/mol. The van der Waals surface area contributed by atoms with Crippen LogP contribution in [0.25, 0.3) is 10.1 Å². The van der Waals surface area contributed by atoms with Crippen LogP contribution in [0.15, 0.2) is 65.8 Å². The van der Waals surface area contributed by atoms with Crippen LogP contribution in [0.3, 0.4) is 0 Å². The quantitative estimate of drug-likeness (QED) is 0.228. The molecule has 2 aromatic carbocycles. The smallest absolute Gasteiger partial charge is 0.240 e. The molecule has 7 heteroatoms. The van der Waals surface area contributed by atoms with E-state index < -0.39 is 0 Å². The fourth-order valence-electron chi connectivity index (χ4n) is 5.20. The van der Waals surface area contributed by atoms with Crippen LogP contribution < -0.4 is 0 Å². The standard InChI is InChI=1S/C31H36N4OS2/c1-20(2)24-12-10-23(11-13-24)17-35-19-27(38-31-32-21(3)14-22(4)33-31)16-28(35)30(36)34(5)18-26-15-25-8-6-7-9-29(25)37-26/h6-15,20,27-28H,16-19H2,1-5H3/t27-,28+/m1/s1. The predicted octanol–water partition coefficient (Wildman–Crippen LogP) is 6.83. The molecule has 1 fully saturated rings. The van der Waals surface area contributed by atoms with E-state index in [2.05, 4.69) is 83.3 Å². The zero-order valence-electron chi connectivity index (χ0n) is 22.8. The highest BCUT2D eigenvalue weighted by Crippen LogP contribution is 2.34. The van der Waals surface area contributed by atoms with E-state index in [4.69, 9.17) is 0 Å². The molecule has 0 bridgehead atoms. The number of rotatable bonds is 8. The number of thiophene rings is 1. The maximum Gasteiger partial charge on any atom is 0.240 e. The maximum absolute atomic E-state index is 13.9. The summed E-state index contributed by atoms with van der Waals surface area (Å²) in [5, 5.41) is 2.31. The lowest BCUT2D eigenvalue weighted by molar-refractivity contribution is -0.135. The molecule has 5 nitrogen and oxygen atoms in total. The number of hydrogen-bond acceptors (Lipinski definition) is 6. The number of hydrogen-bond donors (Lipinski definition) is 0. The van der Waals surface area contributed by atoms with Gasteiger partial charge in [0, 0.05) is 46.4 Å². The van der Waals surface area contributed by atoms with Gasteiger partial charge in [-0.15, -0.1) is 11.3 Å². The lowest BCUT2D eigenvalue weighted by Gasteiger charge is -2.27. The van der Waals surface area contributed by atoms with Crippen molar-refractivity contribution in [2.24, 2.45) is 0 Å². The Morgan fingerprint density at radius 1 is 1.08 bits per heavy atom. The SMILES string of the molecule is Cc1cc(C)nc(S[C@@H]2C[C@@H](C(=O)N(C)Cc3cc4ccccc4s3)N(Cc3ccc(C(C)C)cc3)C2)n1. The van der Waals surface area contributed by atoms with Crippen LogP contribution in [-0.2, 0) is 17.9 Å². The average Bonchev–Trinajstić information content (AvgIpc) is 3.46. The molecule has 0 N–H and O–H groups in total. The largest absolute Gasteiger partial charge is 0.339 e. The summed E-state index contributed by atoms with van der Waals surface area (Å²) in [5.41, 5.74) is 4.55. The van der Waals surface area contributed by atoms with E-state index in [-0.39, 0.29) is 17.2 Å². The van der Waals surface area contributed by atoms with Crippen molar-refractivity contribution >= 4 is 39.1 Å². The number of carbonyl (C=O) groups is 1. The maximum atomic E-state index is 13.9. The van der Waals surface area contributed by atoms with Gasteiger partial charge in [-0.05, 0) is 60.9 Å². The van der Waals surface area contributed by atoms with Crippen molar-refractivity contribution in [3.05, 3.63) is 88.1 Å². The van der Waals surface area contributed by atoms with Crippen LogP contribution in [-0.4, -0.2) is 50.6 Å². The fraction of sp³-hybridized carbons (Fsp3) is 0.387. The molecule has 198 valence electrons. The van der Waals surface area contributed by atoms with Crippen molar-refractivity contribution in [3.8, 4) is 0 Å². The zero-order chi connectivity index (χ0) is 26.8. The Morgan fingerprint density at radius 2 is 1.79 bits per heavy atom. The first-order valence-corrected chi connectivity index (χ1v) is 15.0. The van der Waals surface area contributed by atoms with Gasteiger partial charge in [-0.2, -0.15) is 0 Å². The van der Waals surface area contributed by atoms with Gasteiger partial charge in [-0.25, -0.2) is 9.97 Å². The normalized spacial score (nSPS) is 17.9. The number of fused-ring (bicyclic) bond motifs is 1. The highest BCUT2D eigenvalue weighted by Gasteiger charge is 2.39. The Bertz CT molecular complexity index is 1360. The molecule has 5 rings (SSSR count). The highest BCUT2D eigenvalue weighted by atomic mass is 32.2. The summed E-state index contributed by atoms with van der Waals surface area (Å²) in [6, 6.07) is 21.3. The lowest BCUT2D eigenvalue weighted by Crippen LogP contribution is -2.43. The molecular weight excluding hydrogens is 509 g/mol.